The molecule has 0 aromatic heterocycles. The summed E-state index contributed by atoms with van der Waals surface area (Å²) in [5, 5.41) is 2.83. The fourth-order valence-corrected chi connectivity index (χ4v) is 1.79. The second-order valence-corrected chi connectivity index (χ2v) is 5.22. The van der Waals surface area contributed by atoms with E-state index in [-0.39, 0.29) is 11.8 Å². The highest BCUT2D eigenvalue weighted by atomic mass is 79.9. The van der Waals surface area contributed by atoms with Crippen molar-refractivity contribution in [2.75, 3.05) is 5.32 Å². The van der Waals surface area contributed by atoms with Crippen LogP contribution in [0.3, 0.4) is 0 Å². The molecule has 0 aliphatic rings. The van der Waals surface area contributed by atoms with E-state index in [0.717, 1.165) is 22.1 Å². The molecule has 17 heavy (non-hydrogen) atoms. The van der Waals surface area contributed by atoms with Crippen molar-refractivity contribution in [3.8, 4) is 0 Å². The Kier molecular flexibility index (Phi) is 5.15. The molecule has 1 aromatic rings. The number of hydrogen-bond acceptors (Lipinski definition) is 2. The van der Waals surface area contributed by atoms with Gasteiger partial charge in [-0.3, -0.25) is 4.79 Å². The maximum Gasteiger partial charge on any atom is 0.241 e. The summed E-state index contributed by atoms with van der Waals surface area (Å²) >= 11 is 3.43. The van der Waals surface area contributed by atoms with Crippen molar-refractivity contribution in [2.45, 2.75) is 33.2 Å². The first-order valence-corrected chi connectivity index (χ1v) is 6.57. The molecule has 0 spiro atoms. The third-order valence-corrected chi connectivity index (χ3v) is 3.85. The molecule has 0 bridgehead atoms. The van der Waals surface area contributed by atoms with Crippen LogP contribution in [0.2, 0.25) is 0 Å². The number of rotatable bonds is 4. The highest BCUT2D eigenvalue weighted by molar-refractivity contribution is 9.10. The number of carbonyl (C=O) groups is 1. The van der Waals surface area contributed by atoms with Gasteiger partial charge in [0.2, 0.25) is 5.91 Å². The lowest BCUT2D eigenvalue weighted by Crippen LogP contribution is -2.40. The summed E-state index contributed by atoms with van der Waals surface area (Å²) < 4.78 is 0.979. The van der Waals surface area contributed by atoms with Gasteiger partial charge in [-0.15, -0.1) is 0 Å². The summed E-state index contributed by atoms with van der Waals surface area (Å²) in [6.45, 7) is 6.01. The van der Waals surface area contributed by atoms with Gasteiger partial charge in [-0.1, -0.05) is 42.3 Å². The Hall–Kier alpha value is -0.870. The van der Waals surface area contributed by atoms with Gasteiger partial charge in [0.1, 0.15) is 0 Å². The van der Waals surface area contributed by atoms with Crippen molar-refractivity contribution in [2.24, 2.45) is 11.7 Å². The van der Waals surface area contributed by atoms with Crippen LogP contribution >= 0.6 is 15.9 Å². The molecule has 3 nitrogen and oxygen atoms in total. The fraction of sp³-hybridized carbons (Fsp3) is 0.462. The molecule has 3 N–H and O–H groups in total. The van der Waals surface area contributed by atoms with Crippen LogP contribution in [-0.2, 0) is 4.79 Å². The Bertz CT molecular complexity index is 406. The van der Waals surface area contributed by atoms with Crippen LogP contribution in [0.25, 0.3) is 0 Å². The van der Waals surface area contributed by atoms with E-state index < -0.39 is 6.04 Å². The van der Waals surface area contributed by atoms with Gasteiger partial charge < -0.3 is 11.1 Å². The molecule has 1 aromatic carbocycles. The number of nitrogens with two attached hydrogens (primary N) is 1. The lowest BCUT2D eigenvalue weighted by molar-refractivity contribution is -0.118. The Morgan fingerprint density at radius 2 is 2.18 bits per heavy atom. The van der Waals surface area contributed by atoms with Gasteiger partial charge in [-0.2, -0.15) is 0 Å². The molecule has 1 amide bonds. The van der Waals surface area contributed by atoms with Crippen molar-refractivity contribution >= 4 is 27.5 Å². The average Bonchev–Trinajstić information content (AvgIpc) is 2.31. The zero-order valence-electron chi connectivity index (χ0n) is 10.5. The first-order chi connectivity index (χ1) is 7.95. The predicted molar refractivity (Wildman–Crippen MR) is 74.9 cm³/mol. The Morgan fingerprint density at radius 3 is 2.71 bits per heavy atom. The van der Waals surface area contributed by atoms with E-state index >= 15 is 0 Å². The minimum absolute atomic E-state index is 0.130. The molecule has 0 fully saturated rings. The van der Waals surface area contributed by atoms with Gasteiger partial charge >= 0.3 is 0 Å². The molecule has 94 valence electrons. The average molecular weight is 299 g/mol. The second-order valence-electron chi connectivity index (χ2n) is 4.36. The number of anilines is 1. The summed E-state index contributed by atoms with van der Waals surface area (Å²) in [4.78, 5) is 11.9. The number of amides is 1. The maximum absolute atomic E-state index is 11.9. The summed E-state index contributed by atoms with van der Waals surface area (Å²) in [7, 11) is 0. The van der Waals surface area contributed by atoms with Crippen molar-refractivity contribution in [3.63, 3.8) is 0 Å². The zero-order chi connectivity index (χ0) is 13.0. The third kappa shape index (κ3) is 3.82. The van der Waals surface area contributed by atoms with E-state index in [0.29, 0.717) is 0 Å². The first-order valence-electron chi connectivity index (χ1n) is 5.78. The fourth-order valence-electron chi connectivity index (χ4n) is 1.41. The van der Waals surface area contributed by atoms with Crippen LogP contribution in [0.4, 0.5) is 5.69 Å². The van der Waals surface area contributed by atoms with Crippen molar-refractivity contribution in [1.82, 2.24) is 0 Å². The van der Waals surface area contributed by atoms with Crippen LogP contribution in [-0.4, -0.2) is 11.9 Å². The van der Waals surface area contributed by atoms with Gasteiger partial charge in [0, 0.05) is 10.2 Å². The predicted octanol–water partition coefficient (Wildman–Crippen LogP) is 3.07. The van der Waals surface area contributed by atoms with E-state index in [1.54, 1.807) is 0 Å². The van der Waals surface area contributed by atoms with Crippen LogP contribution < -0.4 is 11.1 Å². The van der Waals surface area contributed by atoms with Crippen molar-refractivity contribution < 1.29 is 4.79 Å². The molecule has 0 saturated heterocycles. The van der Waals surface area contributed by atoms with Crippen LogP contribution in [0.15, 0.2) is 22.7 Å². The van der Waals surface area contributed by atoms with E-state index in [1.807, 2.05) is 39.0 Å². The molecule has 0 aliphatic carbocycles. The summed E-state index contributed by atoms with van der Waals surface area (Å²) in [5.41, 5.74) is 7.77. The first kappa shape index (κ1) is 14.2. The zero-order valence-corrected chi connectivity index (χ0v) is 12.0. The largest absolute Gasteiger partial charge is 0.325 e. The van der Waals surface area contributed by atoms with Crippen LogP contribution in [0.5, 0.6) is 0 Å². The topological polar surface area (TPSA) is 55.1 Å². The Morgan fingerprint density at radius 1 is 1.53 bits per heavy atom. The highest BCUT2D eigenvalue weighted by Crippen LogP contribution is 2.21. The smallest absolute Gasteiger partial charge is 0.241 e. The van der Waals surface area contributed by atoms with Crippen LogP contribution in [0.1, 0.15) is 25.8 Å². The minimum atomic E-state index is -0.458. The van der Waals surface area contributed by atoms with Gasteiger partial charge in [0.25, 0.3) is 0 Å². The van der Waals surface area contributed by atoms with E-state index in [9.17, 15) is 4.79 Å². The molecule has 0 saturated carbocycles. The number of hydrogen-bond donors (Lipinski definition) is 2. The quantitative estimate of drug-likeness (QED) is 0.897. The van der Waals surface area contributed by atoms with Gasteiger partial charge in [0.05, 0.1) is 6.04 Å². The molecule has 1 rings (SSSR count). The molecule has 0 radical (unpaired) electrons. The Balaban J connectivity index is 2.71. The van der Waals surface area contributed by atoms with Gasteiger partial charge in [-0.25, -0.2) is 0 Å². The lowest BCUT2D eigenvalue weighted by Gasteiger charge is -2.17. The molecular formula is C13H19BrN2O. The van der Waals surface area contributed by atoms with Crippen molar-refractivity contribution in [1.29, 1.82) is 0 Å². The monoisotopic (exact) mass is 298 g/mol. The molecule has 0 heterocycles. The molecule has 0 aliphatic heterocycles. The standard InChI is InChI=1S/C13H19BrN2O/c1-4-8(2)12(15)13(17)16-10-6-5-9(3)11(14)7-10/h5-8,12H,4,15H2,1-3H3,(H,16,17)/t8-,12-/m0/s1. The molecule has 2 atom stereocenters. The van der Waals surface area contributed by atoms with Gasteiger partial charge in [0.15, 0.2) is 0 Å². The summed E-state index contributed by atoms with van der Waals surface area (Å²) in [6, 6.07) is 5.26. The number of carbonyl (C=O) groups excluding carboxylic acids is 1. The third-order valence-electron chi connectivity index (χ3n) is 3.00. The summed E-state index contributed by atoms with van der Waals surface area (Å²) in [5.74, 6) is 0.0546. The second kappa shape index (κ2) is 6.17. The summed E-state index contributed by atoms with van der Waals surface area (Å²) in [6.07, 6.45) is 0.895. The number of aryl methyl sites for hydroxylation is 1. The van der Waals surface area contributed by atoms with E-state index in [1.165, 1.54) is 0 Å². The highest BCUT2D eigenvalue weighted by Gasteiger charge is 2.19. The van der Waals surface area contributed by atoms with E-state index in [4.69, 9.17) is 5.73 Å². The van der Waals surface area contributed by atoms with Crippen molar-refractivity contribution in [3.05, 3.63) is 28.2 Å². The number of benzene rings is 1. The lowest BCUT2D eigenvalue weighted by atomic mass is 9.99. The van der Waals surface area contributed by atoms with Crippen LogP contribution in [0, 0.1) is 12.8 Å². The number of halogens is 1. The number of nitrogens with one attached hydrogen (secondary N) is 1. The molecular weight excluding hydrogens is 280 g/mol. The SMILES string of the molecule is CC[C@H](C)[C@H](N)C(=O)Nc1ccc(C)c(Br)c1. The minimum Gasteiger partial charge on any atom is -0.325 e. The van der Waals surface area contributed by atoms with Gasteiger partial charge in [-0.05, 0) is 30.5 Å². The Labute approximate surface area is 111 Å². The normalized spacial score (nSPS) is 14.2. The maximum atomic E-state index is 11.9. The van der Waals surface area contributed by atoms with E-state index in [2.05, 4.69) is 21.2 Å². The molecule has 4 heteroatoms. The molecule has 0 unspecified atom stereocenters.